The van der Waals surface area contributed by atoms with Gasteiger partial charge in [-0.2, -0.15) is 0 Å². The van der Waals surface area contributed by atoms with Crippen LogP contribution < -0.4 is 10.1 Å². The summed E-state index contributed by atoms with van der Waals surface area (Å²) < 4.78 is 5.72. The summed E-state index contributed by atoms with van der Waals surface area (Å²) in [5, 5.41) is 4.28. The molecule has 0 fully saturated rings. The maximum Gasteiger partial charge on any atom is 0.261 e. The first-order valence-corrected chi connectivity index (χ1v) is 10.1. The summed E-state index contributed by atoms with van der Waals surface area (Å²) in [5.41, 5.74) is 2.11. The molecule has 2 heterocycles. The predicted molar refractivity (Wildman–Crippen MR) is 108 cm³/mol. The fourth-order valence-corrected chi connectivity index (χ4v) is 4.22. The van der Waals surface area contributed by atoms with Crippen molar-refractivity contribution < 1.29 is 14.3 Å². The van der Waals surface area contributed by atoms with Crippen molar-refractivity contribution in [3.63, 3.8) is 0 Å². The summed E-state index contributed by atoms with van der Waals surface area (Å²) in [7, 11) is 0. The highest BCUT2D eigenvalue weighted by molar-refractivity contribution is 6.32. The molecule has 2 aromatic rings. The molecule has 1 N–H and O–H groups in total. The zero-order valence-electron chi connectivity index (χ0n) is 15.8. The van der Waals surface area contributed by atoms with Crippen molar-refractivity contribution in [2.24, 2.45) is 0 Å². The number of fused-ring (bicyclic) bond motifs is 2. The maximum atomic E-state index is 12.4. The number of nitrogens with one attached hydrogen (secondary N) is 1. The van der Waals surface area contributed by atoms with Crippen LogP contribution in [0.4, 0.5) is 0 Å². The monoisotopic (exact) mass is 398 g/mol. The molecule has 0 bridgehead atoms. The molecule has 2 aromatic carbocycles. The van der Waals surface area contributed by atoms with Gasteiger partial charge in [-0.15, -0.1) is 0 Å². The second-order valence-corrected chi connectivity index (χ2v) is 7.77. The zero-order chi connectivity index (χ0) is 19.7. The Kier molecular flexibility index (Phi) is 5.38. The Labute approximate surface area is 169 Å². The molecule has 5 nitrogen and oxygen atoms in total. The summed E-state index contributed by atoms with van der Waals surface area (Å²) in [6.45, 7) is 3.20. The molecule has 146 valence electrons. The Morgan fingerprint density at radius 1 is 1.14 bits per heavy atom. The van der Waals surface area contributed by atoms with E-state index in [-0.39, 0.29) is 23.9 Å². The molecule has 2 aliphatic rings. The number of amides is 2. The molecule has 6 heteroatoms. The SMILES string of the molecule is C[C@H](CCCN1C(=O)c2ccccc2C1=O)N[C@@H]1CCOc2c(Cl)cccc21. The highest BCUT2D eigenvalue weighted by atomic mass is 35.5. The number of rotatable bonds is 6. The summed E-state index contributed by atoms with van der Waals surface area (Å²) in [5.74, 6) is 0.398. The van der Waals surface area contributed by atoms with Crippen molar-refractivity contribution in [3.05, 3.63) is 64.2 Å². The number of carbonyl (C=O) groups is 2. The topological polar surface area (TPSA) is 58.6 Å². The normalized spacial score (nSPS) is 19.2. The summed E-state index contributed by atoms with van der Waals surface area (Å²) in [4.78, 5) is 26.2. The van der Waals surface area contributed by atoms with Crippen LogP contribution in [0.1, 0.15) is 58.5 Å². The first kappa shape index (κ1) is 19.0. The van der Waals surface area contributed by atoms with E-state index in [1.165, 1.54) is 4.90 Å². The Bertz CT molecular complexity index is 879. The largest absolute Gasteiger partial charge is 0.492 e. The Morgan fingerprint density at radius 2 is 1.86 bits per heavy atom. The zero-order valence-corrected chi connectivity index (χ0v) is 16.5. The molecule has 0 saturated carbocycles. The number of halogens is 1. The maximum absolute atomic E-state index is 12.4. The molecular formula is C22H23ClN2O3. The Hall–Kier alpha value is -2.37. The smallest absolute Gasteiger partial charge is 0.261 e. The highest BCUT2D eigenvalue weighted by Gasteiger charge is 2.34. The molecule has 0 unspecified atom stereocenters. The molecule has 0 radical (unpaired) electrons. The van der Waals surface area contributed by atoms with Gasteiger partial charge < -0.3 is 10.1 Å². The van der Waals surface area contributed by atoms with E-state index in [4.69, 9.17) is 16.3 Å². The van der Waals surface area contributed by atoms with Crippen molar-refractivity contribution in [1.82, 2.24) is 10.2 Å². The van der Waals surface area contributed by atoms with E-state index in [2.05, 4.69) is 12.2 Å². The van der Waals surface area contributed by atoms with Crippen LogP contribution in [0.15, 0.2) is 42.5 Å². The number of hydrogen-bond acceptors (Lipinski definition) is 4. The van der Waals surface area contributed by atoms with Crippen molar-refractivity contribution >= 4 is 23.4 Å². The van der Waals surface area contributed by atoms with Crippen LogP contribution in [0.5, 0.6) is 5.75 Å². The minimum Gasteiger partial charge on any atom is -0.492 e. The number of ether oxygens (including phenoxy) is 1. The third kappa shape index (κ3) is 3.52. The van der Waals surface area contributed by atoms with Gasteiger partial charge in [0.1, 0.15) is 5.75 Å². The van der Waals surface area contributed by atoms with Gasteiger partial charge in [0.05, 0.1) is 22.8 Å². The Balaban J connectivity index is 1.32. The van der Waals surface area contributed by atoms with E-state index >= 15 is 0 Å². The fourth-order valence-electron chi connectivity index (χ4n) is 3.98. The molecule has 28 heavy (non-hydrogen) atoms. The van der Waals surface area contributed by atoms with Crippen molar-refractivity contribution in [2.45, 2.75) is 38.3 Å². The average molecular weight is 399 g/mol. The Morgan fingerprint density at radius 3 is 2.57 bits per heavy atom. The van der Waals surface area contributed by atoms with Crippen molar-refractivity contribution in [2.75, 3.05) is 13.2 Å². The molecular weight excluding hydrogens is 376 g/mol. The van der Waals surface area contributed by atoms with Gasteiger partial charge in [-0.3, -0.25) is 14.5 Å². The lowest BCUT2D eigenvalue weighted by molar-refractivity contribution is 0.0650. The minimum atomic E-state index is -0.186. The number of carbonyl (C=O) groups excluding carboxylic acids is 2. The number of imide groups is 1. The van der Waals surface area contributed by atoms with Crippen LogP contribution in [-0.4, -0.2) is 35.9 Å². The third-order valence-corrected chi connectivity index (χ3v) is 5.71. The lowest BCUT2D eigenvalue weighted by atomic mass is 9.99. The number of benzene rings is 2. The van der Waals surface area contributed by atoms with Gasteiger partial charge in [0, 0.05) is 30.6 Å². The van der Waals surface area contributed by atoms with E-state index < -0.39 is 0 Å². The van der Waals surface area contributed by atoms with Gasteiger partial charge in [-0.25, -0.2) is 0 Å². The van der Waals surface area contributed by atoms with Crippen molar-refractivity contribution in [3.8, 4) is 5.75 Å². The second-order valence-electron chi connectivity index (χ2n) is 7.37. The second kappa shape index (κ2) is 7.94. The van der Waals surface area contributed by atoms with E-state index in [0.717, 1.165) is 30.6 Å². The molecule has 2 amide bonds. The lowest BCUT2D eigenvalue weighted by Crippen LogP contribution is -2.35. The van der Waals surface area contributed by atoms with Crippen LogP contribution >= 0.6 is 11.6 Å². The molecule has 0 spiro atoms. The molecule has 0 aromatic heterocycles. The minimum absolute atomic E-state index is 0.186. The third-order valence-electron chi connectivity index (χ3n) is 5.41. The lowest BCUT2D eigenvalue weighted by Gasteiger charge is -2.30. The molecule has 0 aliphatic carbocycles. The summed E-state index contributed by atoms with van der Waals surface area (Å²) >= 11 is 6.24. The number of nitrogens with zero attached hydrogens (tertiary/aromatic N) is 1. The van der Waals surface area contributed by atoms with E-state index in [1.807, 2.05) is 18.2 Å². The molecule has 2 atom stereocenters. The van der Waals surface area contributed by atoms with Crippen molar-refractivity contribution in [1.29, 1.82) is 0 Å². The van der Waals surface area contributed by atoms with Crippen LogP contribution in [0.3, 0.4) is 0 Å². The van der Waals surface area contributed by atoms with Gasteiger partial charge >= 0.3 is 0 Å². The van der Waals surface area contributed by atoms with Crippen LogP contribution in [-0.2, 0) is 0 Å². The number of hydrogen-bond donors (Lipinski definition) is 1. The van der Waals surface area contributed by atoms with Gasteiger partial charge in [-0.1, -0.05) is 35.9 Å². The molecule has 0 saturated heterocycles. The van der Waals surface area contributed by atoms with Gasteiger partial charge in [-0.05, 0) is 38.0 Å². The fraction of sp³-hybridized carbons (Fsp3) is 0.364. The standard InChI is InChI=1S/C22H23ClN2O3/c1-14(24-19-11-13-28-20-17(19)9-4-10-18(20)23)6-5-12-25-21(26)15-7-2-3-8-16(15)22(25)27/h2-4,7-10,14,19,24H,5-6,11-13H2,1H3/t14-,19-/m1/s1. The number of para-hydroxylation sites is 1. The first-order valence-electron chi connectivity index (χ1n) is 9.68. The summed E-state index contributed by atoms with van der Waals surface area (Å²) in [6, 6.07) is 13.3. The molecule has 2 aliphatic heterocycles. The van der Waals surface area contributed by atoms with Gasteiger partial charge in [0.2, 0.25) is 0 Å². The predicted octanol–water partition coefficient (Wildman–Crippen LogP) is 4.22. The van der Waals surface area contributed by atoms with E-state index in [0.29, 0.717) is 29.3 Å². The quantitative estimate of drug-likeness (QED) is 0.740. The average Bonchev–Trinajstić information content (AvgIpc) is 2.94. The molecule has 4 rings (SSSR count). The van der Waals surface area contributed by atoms with Crippen LogP contribution in [0, 0.1) is 0 Å². The first-order chi connectivity index (χ1) is 13.6. The van der Waals surface area contributed by atoms with E-state index in [9.17, 15) is 9.59 Å². The van der Waals surface area contributed by atoms with Gasteiger partial charge in [0.15, 0.2) is 0 Å². The van der Waals surface area contributed by atoms with E-state index in [1.54, 1.807) is 24.3 Å². The van der Waals surface area contributed by atoms with Gasteiger partial charge in [0.25, 0.3) is 11.8 Å². The highest BCUT2D eigenvalue weighted by Crippen LogP contribution is 2.37. The van der Waals surface area contributed by atoms with Crippen LogP contribution in [0.25, 0.3) is 0 Å². The van der Waals surface area contributed by atoms with Crippen LogP contribution in [0.2, 0.25) is 5.02 Å². The summed E-state index contributed by atoms with van der Waals surface area (Å²) in [6.07, 6.45) is 2.50.